The van der Waals surface area contributed by atoms with Gasteiger partial charge in [0.25, 0.3) is 0 Å². The van der Waals surface area contributed by atoms with Crippen molar-refractivity contribution in [3.8, 4) is 0 Å². The summed E-state index contributed by atoms with van der Waals surface area (Å²) in [5.41, 5.74) is 1.68. The minimum atomic E-state index is -3.97. The van der Waals surface area contributed by atoms with Gasteiger partial charge in [-0.3, -0.25) is 9.59 Å². The van der Waals surface area contributed by atoms with E-state index in [2.05, 4.69) is 21.2 Å². The summed E-state index contributed by atoms with van der Waals surface area (Å²) in [6.07, 6.45) is 0.271. The normalized spacial score (nSPS) is 12.4. The standard InChI is InChI=1S/C28H31BrClN3O4S/c1-20(2)31-28(35)26(17-21-8-5-4-6-9-21)33(18-22-10-7-11-23(29)16-22)27(34)19-32(3)38(36,37)25-14-12-24(30)13-15-25/h4-16,20,26H,17-19H2,1-3H3,(H,31,35). The Hall–Kier alpha value is -2.72. The fraction of sp³-hybridized carbons (Fsp3) is 0.286. The molecule has 0 aliphatic carbocycles. The highest BCUT2D eigenvalue weighted by molar-refractivity contribution is 9.10. The lowest BCUT2D eigenvalue weighted by atomic mass is 10.0. The number of carbonyl (C=O) groups is 2. The van der Waals surface area contributed by atoms with Crippen LogP contribution in [0.4, 0.5) is 0 Å². The maximum Gasteiger partial charge on any atom is 0.243 e. The molecule has 7 nitrogen and oxygen atoms in total. The van der Waals surface area contributed by atoms with Crippen LogP contribution in [0.3, 0.4) is 0 Å². The van der Waals surface area contributed by atoms with Gasteiger partial charge in [-0.05, 0) is 61.4 Å². The lowest BCUT2D eigenvalue weighted by Crippen LogP contribution is -2.53. The van der Waals surface area contributed by atoms with E-state index >= 15 is 0 Å². The first-order valence-corrected chi connectivity index (χ1v) is 14.7. The van der Waals surface area contributed by atoms with E-state index in [-0.39, 0.29) is 29.8 Å². The number of sulfonamides is 1. The molecule has 0 saturated carbocycles. The maximum atomic E-state index is 13.8. The van der Waals surface area contributed by atoms with Gasteiger partial charge in [0.05, 0.1) is 11.4 Å². The summed E-state index contributed by atoms with van der Waals surface area (Å²) in [5.74, 6) is -0.805. The van der Waals surface area contributed by atoms with Gasteiger partial charge in [0.2, 0.25) is 21.8 Å². The maximum absolute atomic E-state index is 13.8. The third kappa shape index (κ3) is 8.14. The minimum Gasteiger partial charge on any atom is -0.352 e. The zero-order valence-corrected chi connectivity index (χ0v) is 24.6. The number of likely N-dealkylation sites (N-methyl/N-ethyl adjacent to an activating group) is 1. The van der Waals surface area contributed by atoms with E-state index in [9.17, 15) is 18.0 Å². The van der Waals surface area contributed by atoms with E-state index in [1.807, 2.05) is 68.4 Å². The molecular weight excluding hydrogens is 590 g/mol. The number of carbonyl (C=O) groups excluding carboxylic acids is 2. The number of hydrogen-bond acceptors (Lipinski definition) is 4. The van der Waals surface area contributed by atoms with Gasteiger partial charge in [0, 0.05) is 35.6 Å². The van der Waals surface area contributed by atoms with E-state index < -0.39 is 28.5 Å². The Kier molecular flexibility index (Phi) is 10.5. The number of benzene rings is 3. The first kappa shape index (κ1) is 29.8. The first-order valence-electron chi connectivity index (χ1n) is 12.1. The van der Waals surface area contributed by atoms with Crippen molar-refractivity contribution >= 4 is 49.4 Å². The monoisotopic (exact) mass is 619 g/mol. The Labute approximate surface area is 238 Å². The van der Waals surface area contributed by atoms with Gasteiger partial charge in [-0.1, -0.05) is 70.0 Å². The summed E-state index contributed by atoms with van der Waals surface area (Å²) in [4.78, 5) is 28.7. The first-order chi connectivity index (χ1) is 18.0. The molecule has 0 spiro atoms. The Morgan fingerprint density at radius 1 is 0.947 bits per heavy atom. The quantitative estimate of drug-likeness (QED) is 0.331. The van der Waals surface area contributed by atoms with Crippen LogP contribution in [0.15, 0.2) is 88.2 Å². The molecular formula is C28H31BrClN3O4S. The van der Waals surface area contributed by atoms with Crippen molar-refractivity contribution < 1.29 is 18.0 Å². The molecule has 0 heterocycles. The molecule has 202 valence electrons. The predicted molar refractivity (Wildman–Crippen MR) is 153 cm³/mol. The van der Waals surface area contributed by atoms with Crippen LogP contribution < -0.4 is 5.32 Å². The highest BCUT2D eigenvalue weighted by Crippen LogP contribution is 2.21. The number of rotatable bonds is 11. The van der Waals surface area contributed by atoms with E-state index in [4.69, 9.17) is 11.6 Å². The van der Waals surface area contributed by atoms with Crippen LogP contribution in [-0.2, 0) is 32.6 Å². The predicted octanol–water partition coefficient (Wildman–Crippen LogP) is 4.89. The van der Waals surface area contributed by atoms with Crippen molar-refractivity contribution in [1.82, 2.24) is 14.5 Å². The number of amides is 2. The zero-order chi connectivity index (χ0) is 27.9. The highest BCUT2D eigenvalue weighted by atomic mass is 79.9. The summed E-state index contributed by atoms with van der Waals surface area (Å²) >= 11 is 9.37. The molecule has 38 heavy (non-hydrogen) atoms. The molecule has 0 aromatic heterocycles. The topological polar surface area (TPSA) is 86.8 Å². The Morgan fingerprint density at radius 3 is 2.18 bits per heavy atom. The third-order valence-corrected chi connectivity index (χ3v) is 8.39. The molecule has 3 rings (SSSR count). The van der Waals surface area contributed by atoms with Crippen molar-refractivity contribution in [2.45, 2.75) is 43.8 Å². The third-order valence-electron chi connectivity index (χ3n) is 5.82. The minimum absolute atomic E-state index is 0.0223. The van der Waals surface area contributed by atoms with Gasteiger partial charge in [-0.25, -0.2) is 8.42 Å². The van der Waals surface area contributed by atoms with Gasteiger partial charge >= 0.3 is 0 Å². The van der Waals surface area contributed by atoms with Crippen LogP contribution in [0, 0.1) is 0 Å². The fourth-order valence-corrected chi connectivity index (χ4v) is 5.61. The molecule has 0 aliphatic heterocycles. The lowest BCUT2D eigenvalue weighted by molar-refractivity contribution is -0.141. The smallest absolute Gasteiger partial charge is 0.243 e. The number of halogens is 2. The summed E-state index contributed by atoms with van der Waals surface area (Å²) < 4.78 is 28.2. The summed E-state index contributed by atoms with van der Waals surface area (Å²) in [5, 5.41) is 3.33. The number of nitrogens with zero attached hydrogens (tertiary/aromatic N) is 2. The molecule has 0 saturated heterocycles. The van der Waals surface area contributed by atoms with Crippen molar-refractivity contribution in [3.05, 3.63) is 99.5 Å². The van der Waals surface area contributed by atoms with Crippen LogP contribution in [0.2, 0.25) is 5.02 Å². The van der Waals surface area contributed by atoms with Gasteiger partial charge in [0.1, 0.15) is 6.04 Å². The van der Waals surface area contributed by atoms with Gasteiger partial charge < -0.3 is 10.2 Å². The molecule has 2 amide bonds. The SMILES string of the molecule is CC(C)NC(=O)C(Cc1ccccc1)N(Cc1cccc(Br)c1)C(=O)CN(C)S(=O)(=O)c1ccc(Cl)cc1. The average Bonchev–Trinajstić information content (AvgIpc) is 2.86. The Balaban J connectivity index is 1.97. The number of nitrogens with one attached hydrogen (secondary N) is 1. The second kappa shape index (κ2) is 13.4. The zero-order valence-electron chi connectivity index (χ0n) is 21.5. The van der Waals surface area contributed by atoms with Crippen LogP contribution in [-0.4, -0.2) is 55.1 Å². The summed E-state index contributed by atoms with van der Waals surface area (Å²) in [6, 6.07) is 21.6. The van der Waals surface area contributed by atoms with Gasteiger partial charge in [0.15, 0.2) is 0 Å². The molecule has 0 fully saturated rings. The molecule has 1 atom stereocenters. The fourth-order valence-electron chi connectivity index (χ4n) is 3.92. The van der Waals surface area contributed by atoms with E-state index in [1.165, 1.54) is 36.2 Å². The highest BCUT2D eigenvalue weighted by Gasteiger charge is 2.33. The average molecular weight is 621 g/mol. The largest absolute Gasteiger partial charge is 0.352 e. The molecule has 3 aromatic carbocycles. The Morgan fingerprint density at radius 2 is 1.58 bits per heavy atom. The van der Waals surface area contributed by atoms with E-state index in [0.29, 0.717) is 5.02 Å². The molecule has 0 radical (unpaired) electrons. The van der Waals surface area contributed by atoms with Crippen LogP contribution in [0.5, 0.6) is 0 Å². The lowest BCUT2D eigenvalue weighted by Gasteiger charge is -2.33. The van der Waals surface area contributed by atoms with E-state index in [1.54, 1.807) is 0 Å². The summed E-state index contributed by atoms with van der Waals surface area (Å²) in [7, 11) is -2.62. The van der Waals surface area contributed by atoms with Crippen molar-refractivity contribution in [2.75, 3.05) is 13.6 Å². The molecule has 1 N–H and O–H groups in total. The molecule has 0 bridgehead atoms. The number of hydrogen-bond donors (Lipinski definition) is 1. The van der Waals surface area contributed by atoms with Gasteiger partial charge in [-0.2, -0.15) is 4.31 Å². The Bertz CT molecular complexity index is 1350. The van der Waals surface area contributed by atoms with Gasteiger partial charge in [-0.15, -0.1) is 0 Å². The molecule has 1 unspecified atom stereocenters. The molecule has 0 aliphatic rings. The van der Waals surface area contributed by atoms with Crippen LogP contribution in [0.25, 0.3) is 0 Å². The second-order valence-corrected chi connectivity index (χ2v) is 12.6. The van der Waals surface area contributed by atoms with Crippen molar-refractivity contribution in [1.29, 1.82) is 0 Å². The van der Waals surface area contributed by atoms with Crippen LogP contribution in [0.1, 0.15) is 25.0 Å². The molecule has 3 aromatic rings. The van der Waals surface area contributed by atoms with E-state index in [0.717, 1.165) is 19.9 Å². The summed E-state index contributed by atoms with van der Waals surface area (Å²) in [6.45, 7) is 3.38. The van der Waals surface area contributed by atoms with Crippen molar-refractivity contribution in [3.63, 3.8) is 0 Å². The molecule has 10 heteroatoms. The van der Waals surface area contributed by atoms with Crippen molar-refractivity contribution in [2.24, 2.45) is 0 Å². The second-order valence-electron chi connectivity index (χ2n) is 9.24. The van der Waals surface area contributed by atoms with Crippen LogP contribution >= 0.6 is 27.5 Å².